The summed E-state index contributed by atoms with van der Waals surface area (Å²) in [5.74, 6) is 0. The van der Waals surface area contributed by atoms with Crippen LogP contribution >= 0.6 is 22.6 Å². The van der Waals surface area contributed by atoms with E-state index in [0.717, 1.165) is 6.20 Å². The van der Waals surface area contributed by atoms with E-state index >= 15 is 0 Å². The van der Waals surface area contributed by atoms with Crippen molar-refractivity contribution in [3.8, 4) is 6.07 Å². The zero-order valence-corrected chi connectivity index (χ0v) is 8.84. The lowest BCUT2D eigenvalue weighted by molar-refractivity contribution is 0.150. The van der Waals surface area contributed by atoms with Crippen molar-refractivity contribution in [1.82, 2.24) is 4.98 Å². The fourth-order valence-electron chi connectivity index (χ4n) is 0.937. The maximum atomic E-state index is 12.3. The summed E-state index contributed by atoms with van der Waals surface area (Å²) in [4.78, 5) is 3.72. The lowest BCUT2D eigenvalue weighted by Crippen LogP contribution is -1.98. The van der Waals surface area contributed by atoms with Crippen LogP contribution in [0.2, 0.25) is 0 Å². The van der Waals surface area contributed by atoms with Gasteiger partial charge in [-0.3, -0.25) is 0 Å². The Morgan fingerprint density at radius 2 is 2.23 bits per heavy atom. The highest BCUT2D eigenvalue weighted by Gasteiger charge is 2.15. The van der Waals surface area contributed by atoms with Gasteiger partial charge in [0.1, 0.15) is 9.77 Å². The highest BCUT2D eigenvalue weighted by molar-refractivity contribution is 14.1. The van der Waals surface area contributed by atoms with Crippen molar-refractivity contribution in [3.63, 3.8) is 0 Å². The molecular formula is C8H5F2IN2. The van der Waals surface area contributed by atoms with Crippen LogP contribution in [0, 0.1) is 22.0 Å². The van der Waals surface area contributed by atoms with Crippen LogP contribution in [0.5, 0.6) is 0 Å². The van der Waals surface area contributed by atoms with E-state index in [1.165, 1.54) is 6.92 Å². The maximum Gasteiger partial charge on any atom is 0.265 e. The van der Waals surface area contributed by atoms with Crippen LogP contribution < -0.4 is 0 Å². The van der Waals surface area contributed by atoms with Crippen LogP contribution in [0.1, 0.15) is 23.1 Å². The molecular weight excluding hydrogens is 289 g/mol. The monoisotopic (exact) mass is 294 g/mol. The number of hydrogen-bond donors (Lipinski definition) is 0. The van der Waals surface area contributed by atoms with Crippen molar-refractivity contribution in [1.29, 1.82) is 5.26 Å². The molecule has 0 amide bonds. The van der Waals surface area contributed by atoms with Gasteiger partial charge in [0.2, 0.25) is 0 Å². The van der Waals surface area contributed by atoms with Crippen LogP contribution in [-0.2, 0) is 0 Å². The summed E-state index contributed by atoms with van der Waals surface area (Å²) in [6.45, 7) is 1.50. The molecule has 0 aliphatic heterocycles. The van der Waals surface area contributed by atoms with Gasteiger partial charge in [0.05, 0.1) is 5.56 Å². The Labute approximate surface area is 87.7 Å². The van der Waals surface area contributed by atoms with Gasteiger partial charge < -0.3 is 0 Å². The minimum atomic E-state index is -2.57. The lowest BCUT2D eigenvalue weighted by Gasteiger charge is -2.06. The second-order valence-corrected chi connectivity index (χ2v) is 3.44. The molecule has 0 saturated heterocycles. The fourth-order valence-corrected chi connectivity index (χ4v) is 1.60. The molecule has 0 bridgehead atoms. The highest BCUT2D eigenvalue weighted by atomic mass is 127. The van der Waals surface area contributed by atoms with Gasteiger partial charge in [-0.15, -0.1) is 0 Å². The summed E-state index contributed by atoms with van der Waals surface area (Å²) in [6, 6.07) is 1.86. The van der Waals surface area contributed by atoms with E-state index in [1.807, 2.05) is 28.7 Å². The highest BCUT2D eigenvalue weighted by Crippen LogP contribution is 2.25. The van der Waals surface area contributed by atoms with Crippen LogP contribution in [0.4, 0.5) is 8.78 Å². The molecule has 68 valence electrons. The third-order valence-electron chi connectivity index (χ3n) is 1.68. The summed E-state index contributed by atoms with van der Waals surface area (Å²) >= 11 is 1.85. The van der Waals surface area contributed by atoms with E-state index in [4.69, 9.17) is 5.26 Å². The number of nitrogens with zero attached hydrogens (tertiary/aromatic N) is 2. The molecule has 1 aromatic rings. The first-order valence-corrected chi connectivity index (χ1v) is 4.49. The number of pyridine rings is 1. The summed E-state index contributed by atoms with van der Waals surface area (Å²) in [6.07, 6.45) is -1.46. The van der Waals surface area contributed by atoms with Gasteiger partial charge >= 0.3 is 0 Å². The average molecular weight is 294 g/mol. The fraction of sp³-hybridized carbons (Fsp3) is 0.250. The number of hydrogen-bond acceptors (Lipinski definition) is 2. The van der Waals surface area contributed by atoms with Gasteiger partial charge in [0.15, 0.2) is 0 Å². The number of aromatic nitrogens is 1. The Hall–Kier alpha value is -0.770. The molecule has 0 radical (unpaired) electrons. The third kappa shape index (κ3) is 1.94. The van der Waals surface area contributed by atoms with E-state index in [0.29, 0.717) is 9.26 Å². The molecule has 0 unspecified atom stereocenters. The molecule has 1 rings (SSSR count). The Morgan fingerprint density at radius 3 is 2.69 bits per heavy atom. The smallest absolute Gasteiger partial charge is 0.248 e. The summed E-state index contributed by atoms with van der Waals surface area (Å²) in [5, 5.41) is 8.67. The Bertz CT molecular complexity index is 371. The van der Waals surface area contributed by atoms with E-state index < -0.39 is 6.43 Å². The van der Waals surface area contributed by atoms with Gasteiger partial charge in [-0.05, 0) is 35.1 Å². The van der Waals surface area contributed by atoms with Gasteiger partial charge in [-0.2, -0.15) is 5.26 Å². The van der Waals surface area contributed by atoms with Crippen molar-refractivity contribution in [2.45, 2.75) is 13.3 Å². The van der Waals surface area contributed by atoms with E-state index in [9.17, 15) is 8.78 Å². The largest absolute Gasteiger partial charge is 0.265 e. The van der Waals surface area contributed by atoms with Crippen LogP contribution in [0.25, 0.3) is 0 Å². The second-order valence-electron chi connectivity index (χ2n) is 2.42. The van der Waals surface area contributed by atoms with Crippen LogP contribution in [-0.4, -0.2) is 4.98 Å². The van der Waals surface area contributed by atoms with E-state index in [2.05, 4.69) is 4.98 Å². The normalized spacial score (nSPS) is 10.2. The molecule has 0 atom stereocenters. The van der Waals surface area contributed by atoms with Crippen molar-refractivity contribution in [2.24, 2.45) is 0 Å². The standard InChI is InChI=1S/C8H5F2IN2/c1-4-5(2-12)8(11)13-3-6(4)7(9)10/h3,7H,1H3. The first-order valence-electron chi connectivity index (χ1n) is 3.41. The average Bonchev–Trinajstić information content (AvgIpc) is 2.04. The molecule has 1 aromatic heterocycles. The number of nitriles is 1. The Morgan fingerprint density at radius 1 is 1.62 bits per heavy atom. The molecule has 0 aliphatic carbocycles. The zero-order valence-electron chi connectivity index (χ0n) is 6.68. The van der Waals surface area contributed by atoms with Gasteiger partial charge in [-0.25, -0.2) is 13.8 Å². The second kappa shape index (κ2) is 3.96. The Kier molecular flexibility index (Phi) is 3.14. The molecule has 0 saturated carbocycles. The Balaban J connectivity index is 3.38. The van der Waals surface area contributed by atoms with Crippen LogP contribution in [0.3, 0.4) is 0 Å². The van der Waals surface area contributed by atoms with Crippen molar-refractivity contribution >= 4 is 22.6 Å². The zero-order chi connectivity index (χ0) is 10.0. The molecule has 5 heteroatoms. The number of rotatable bonds is 1. The molecule has 13 heavy (non-hydrogen) atoms. The molecule has 0 spiro atoms. The van der Waals surface area contributed by atoms with Crippen molar-refractivity contribution < 1.29 is 8.78 Å². The number of alkyl halides is 2. The van der Waals surface area contributed by atoms with Crippen molar-refractivity contribution in [2.75, 3.05) is 0 Å². The summed E-state index contributed by atoms with van der Waals surface area (Å²) in [5.41, 5.74) is 0.382. The van der Waals surface area contributed by atoms with Crippen molar-refractivity contribution in [3.05, 3.63) is 26.6 Å². The predicted molar refractivity (Wildman–Crippen MR) is 51.4 cm³/mol. The van der Waals surface area contributed by atoms with E-state index in [-0.39, 0.29) is 11.1 Å². The summed E-state index contributed by atoms with van der Waals surface area (Å²) in [7, 11) is 0. The number of halogens is 3. The molecule has 0 aromatic carbocycles. The molecule has 0 N–H and O–H groups in total. The quantitative estimate of drug-likeness (QED) is 0.590. The lowest BCUT2D eigenvalue weighted by atomic mass is 10.1. The molecule has 0 aliphatic rings. The maximum absolute atomic E-state index is 12.3. The molecule has 0 fully saturated rings. The topological polar surface area (TPSA) is 36.7 Å². The van der Waals surface area contributed by atoms with E-state index in [1.54, 1.807) is 0 Å². The third-order valence-corrected chi connectivity index (χ3v) is 2.50. The first-order chi connectivity index (χ1) is 6.07. The SMILES string of the molecule is Cc1c(C(F)F)cnc(I)c1C#N. The van der Waals surface area contributed by atoms with Gasteiger partial charge in [-0.1, -0.05) is 0 Å². The van der Waals surface area contributed by atoms with Gasteiger partial charge in [0, 0.05) is 11.8 Å². The minimum absolute atomic E-state index is 0.169. The first kappa shape index (κ1) is 10.3. The van der Waals surface area contributed by atoms with Gasteiger partial charge in [0.25, 0.3) is 6.43 Å². The summed E-state index contributed by atoms with van der Waals surface area (Å²) < 4.78 is 25.1. The molecule has 2 nitrogen and oxygen atoms in total. The minimum Gasteiger partial charge on any atom is -0.248 e. The van der Waals surface area contributed by atoms with Crippen LogP contribution in [0.15, 0.2) is 6.20 Å². The predicted octanol–water partition coefficient (Wildman–Crippen LogP) is 2.80. The molecule has 1 heterocycles.